The van der Waals surface area contributed by atoms with Crippen molar-refractivity contribution in [1.29, 1.82) is 0 Å². The molecule has 0 aliphatic carbocycles. The number of rotatable bonds is 8. The molecule has 1 heterocycles. The number of nitrogens with one attached hydrogen (secondary N) is 1. The highest BCUT2D eigenvalue weighted by Crippen LogP contribution is 2.18. The van der Waals surface area contributed by atoms with E-state index in [9.17, 15) is 0 Å². The molecule has 1 aromatic carbocycles. The third-order valence-electron chi connectivity index (χ3n) is 3.68. The summed E-state index contributed by atoms with van der Waals surface area (Å²) in [6.07, 6.45) is 3.62. The van der Waals surface area contributed by atoms with Crippen molar-refractivity contribution in [3.05, 3.63) is 24.3 Å². The number of ether oxygens (including phenoxy) is 3. The lowest BCUT2D eigenvalue weighted by atomic mass is 10.2. The molecule has 0 amide bonds. The lowest BCUT2D eigenvalue weighted by Crippen LogP contribution is -3.14. The highest BCUT2D eigenvalue weighted by atomic mass is 16.5. The number of hydrogen-bond donors (Lipinski definition) is 1. The maximum Gasteiger partial charge on any atom is 0.122 e. The fourth-order valence-electron chi connectivity index (χ4n) is 2.44. The van der Waals surface area contributed by atoms with Crippen molar-refractivity contribution in [3.63, 3.8) is 0 Å². The number of methoxy groups -OCH3 is 1. The van der Waals surface area contributed by atoms with Gasteiger partial charge < -0.3 is 19.1 Å². The van der Waals surface area contributed by atoms with Crippen LogP contribution in [-0.2, 0) is 4.74 Å². The quantitative estimate of drug-likeness (QED) is 0.725. The Balaban J connectivity index is 1.52. The Morgan fingerprint density at radius 3 is 2.70 bits per heavy atom. The van der Waals surface area contributed by atoms with E-state index in [0.29, 0.717) is 0 Å². The molecule has 0 saturated carbocycles. The Morgan fingerprint density at radius 2 is 1.90 bits per heavy atom. The van der Waals surface area contributed by atoms with Crippen LogP contribution in [0.25, 0.3) is 0 Å². The molecule has 0 unspecified atom stereocenters. The molecule has 4 heteroatoms. The Morgan fingerprint density at radius 1 is 1.10 bits per heavy atom. The first-order valence-electron chi connectivity index (χ1n) is 7.56. The van der Waals surface area contributed by atoms with E-state index in [1.807, 2.05) is 24.3 Å². The molecule has 20 heavy (non-hydrogen) atoms. The molecule has 0 aromatic heterocycles. The minimum atomic E-state index is 0.783. The van der Waals surface area contributed by atoms with Crippen molar-refractivity contribution < 1.29 is 19.1 Å². The lowest BCUT2D eigenvalue weighted by molar-refractivity contribution is -0.908. The summed E-state index contributed by atoms with van der Waals surface area (Å²) in [5, 5.41) is 0. The van der Waals surface area contributed by atoms with Crippen molar-refractivity contribution in [2.24, 2.45) is 0 Å². The maximum absolute atomic E-state index is 5.73. The molecule has 1 aliphatic heterocycles. The number of morpholine rings is 1. The molecule has 2 rings (SSSR count). The standard InChI is InChI=1S/C16H25NO3/c1-18-15-6-5-7-16(14-15)20-11-4-2-3-8-17-9-12-19-13-10-17/h5-7,14H,2-4,8-13H2,1H3/p+1. The van der Waals surface area contributed by atoms with E-state index in [-0.39, 0.29) is 0 Å². The van der Waals surface area contributed by atoms with Crippen LogP contribution in [0.1, 0.15) is 19.3 Å². The Labute approximate surface area is 121 Å². The summed E-state index contributed by atoms with van der Waals surface area (Å²) in [5.41, 5.74) is 0. The second-order valence-electron chi connectivity index (χ2n) is 5.20. The highest BCUT2D eigenvalue weighted by Gasteiger charge is 2.12. The van der Waals surface area contributed by atoms with Crippen molar-refractivity contribution >= 4 is 0 Å². The molecule has 0 radical (unpaired) electrons. The largest absolute Gasteiger partial charge is 0.497 e. The van der Waals surface area contributed by atoms with Crippen LogP contribution in [0.5, 0.6) is 11.5 Å². The Hall–Kier alpha value is -1.26. The first-order chi connectivity index (χ1) is 9.88. The molecule has 0 spiro atoms. The Kier molecular flexibility index (Phi) is 6.68. The summed E-state index contributed by atoms with van der Waals surface area (Å²) in [4.78, 5) is 1.69. The molecule has 0 atom stereocenters. The summed E-state index contributed by atoms with van der Waals surface area (Å²) >= 11 is 0. The molecule has 4 nitrogen and oxygen atoms in total. The van der Waals surface area contributed by atoms with Crippen molar-refractivity contribution in [2.75, 3.05) is 46.6 Å². The average Bonchev–Trinajstić information content (AvgIpc) is 2.52. The van der Waals surface area contributed by atoms with Crippen LogP contribution in [-0.4, -0.2) is 46.6 Å². The van der Waals surface area contributed by atoms with Gasteiger partial charge in [0.1, 0.15) is 24.6 Å². The van der Waals surface area contributed by atoms with Crippen molar-refractivity contribution in [3.8, 4) is 11.5 Å². The minimum absolute atomic E-state index is 0.783. The number of quaternary nitrogens is 1. The van der Waals surface area contributed by atoms with Crippen LogP contribution in [0.3, 0.4) is 0 Å². The number of hydrogen-bond acceptors (Lipinski definition) is 3. The second kappa shape index (κ2) is 8.82. The van der Waals surface area contributed by atoms with E-state index in [1.165, 1.54) is 32.5 Å². The topological polar surface area (TPSA) is 32.1 Å². The summed E-state index contributed by atoms with van der Waals surface area (Å²) in [6, 6.07) is 7.78. The molecule has 1 fully saturated rings. The van der Waals surface area contributed by atoms with Crippen LogP contribution < -0.4 is 14.4 Å². The molecular weight excluding hydrogens is 254 g/mol. The SMILES string of the molecule is COc1cccc(OCCCCC[NH+]2CCOCC2)c1. The van der Waals surface area contributed by atoms with Gasteiger partial charge in [-0.2, -0.15) is 0 Å². The fraction of sp³-hybridized carbons (Fsp3) is 0.625. The molecular formula is C16H26NO3+. The zero-order chi connectivity index (χ0) is 14.0. The molecule has 1 saturated heterocycles. The molecule has 1 N–H and O–H groups in total. The van der Waals surface area contributed by atoms with Crippen LogP contribution in [0.2, 0.25) is 0 Å². The predicted molar refractivity (Wildman–Crippen MR) is 78.7 cm³/mol. The number of unbranched alkanes of at least 4 members (excludes halogenated alkanes) is 2. The minimum Gasteiger partial charge on any atom is -0.497 e. The van der Waals surface area contributed by atoms with Gasteiger partial charge in [0.2, 0.25) is 0 Å². The van der Waals surface area contributed by atoms with E-state index in [0.717, 1.165) is 37.7 Å². The van der Waals surface area contributed by atoms with Crippen LogP contribution in [0, 0.1) is 0 Å². The van der Waals surface area contributed by atoms with Gasteiger partial charge in [-0.05, 0) is 31.4 Å². The summed E-state index contributed by atoms with van der Waals surface area (Å²) in [5.74, 6) is 1.74. The fourth-order valence-corrected chi connectivity index (χ4v) is 2.44. The predicted octanol–water partition coefficient (Wildman–Crippen LogP) is 1.16. The van der Waals surface area contributed by atoms with E-state index >= 15 is 0 Å². The maximum atomic E-state index is 5.73. The molecule has 1 aliphatic rings. The van der Waals surface area contributed by atoms with Gasteiger partial charge in [0.25, 0.3) is 0 Å². The monoisotopic (exact) mass is 280 g/mol. The van der Waals surface area contributed by atoms with Crippen LogP contribution in [0.4, 0.5) is 0 Å². The van der Waals surface area contributed by atoms with Crippen molar-refractivity contribution in [2.45, 2.75) is 19.3 Å². The normalized spacial score (nSPS) is 16.1. The summed E-state index contributed by atoms with van der Waals surface area (Å²) in [6.45, 7) is 6.23. The highest BCUT2D eigenvalue weighted by molar-refractivity contribution is 5.32. The van der Waals surface area contributed by atoms with E-state index in [1.54, 1.807) is 12.0 Å². The Bertz CT molecular complexity index is 378. The third kappa shape index (κ3) is 5.39. The van der Waals surface area contributed by atoms with Gasteiger partial charge in [0.15, 0.2) is 0 Å². The van der Waals surface area contributed by atoms with Crippen LogP contribution in [0.15, 0.2) is 24.3 Å². The van der Waals surface area contributed by atoms with Gasteiger partial charge in [-0.15, -0.1) is 0 Å². The number of benzene rings is 1. The van der Waals surface area contributed by atoms with Crippen molar-refractivity contribution in [1.82, 2.24) is 0 Å². The summed E-state index contributed by atoms with van der Waals surface area (Å²) in [7, 11) is 1.67. The van der Waals surface area contributed by atoms with Gasteiger partial charge in [-0.25, -0.2) is 0 Å². The average molecular weight is 280 g/mol. The van der Waals surface area contributed by atoms with E-state index < -0.39 is 0 Å². The van der Waals surface area contributed by atoms with E-state index in [4.69, 9.17) is 14.2 Å². The summed E-state index contributed by atoms with van der Waals surface area (Å²) < 4.78 is 16.3. The molecule has 112 valence electrons. The van der Waals surface area contributed by atoms with Gasteiger partial charge in [0.05, 0.1) is 33.5 Å². The van der Waals surface area contributed by atoms with Gasteiger partial charge in [0, 0.05) is 6.07 Å². The smallest absolute Gasteiger partial charge is 0.122 e. The molecule has 1 aromatic rings. The zero-order valence-electron chi connectivity index (χ0n) is 12.4. The van der Waals surface area contributed by atoms with Gasteiger partial charge in [-0.1, -0.05) is 6.07 Å². The second-order valence-corrected chi connectivity index (χ2v) is 5.20. The van der Waals surface area contributed by atoms with Gasteiger partial charge >= 0.3 is 0 Å². The van der Waals surface area contributed by atoms with E-state index in [2.05, 4.69) is 0 Å². The first kappa shape index (κ1) is 15.1. The van der Waals surface area contributed by atoms with Gasteiger partial charge in [-0.3, -0.25) is 0 Å². The lowest BCUT2D eigenvalue weighted by Gasteiger charge is -2.23. The first-order valence-corrected chi connectivity index (χ1v) is 7.56. The molecule has 0 bridgehead atoms. The zero-order valence-corrected chi connectivity index (χ0v) is 12.4. The third-order valence-corrected chi connectivity index (χ3v) is 3.68. The van der Waals surface area contributed by atoms with Crippen LogP contribution >= 0.6 is 0 Å².